The first-order valence-electron chi connectivity index (χ1n) is 7.83. The molecule has 0 aliphatic rings. The molecule has 0 aliphatic carbocycles. The van der Waals surface area contributed by atoms with Crippen molar-refractivity contribution < 1.29 is 4.74 Å². The average Bonchev–Trinajstić information content (AvgIpc) is 2.95. The molecule has 3 rings (SSSR count). The molecule has 0 radical (unpaired) electrons. The number of hydrogen-bond donors (Lipinski definition) is 1. The van der Waals surface area contributed by atoms with Crippen LogP contribution in [0.5, 0.6) is 5.75 Å². The van der Waals surface area contributed by atoms with Gasteiger partial charge in [0.15, 0.2) is 0 Å². The lowest BCUT2D eigenvalue weighted by molar-refractivity contribution is 0.414. The molecule has 3 aromatic rings. The number of ether oxygens (including phenoxy) is 1. The van der Waals surface area contributed by atoms with E-state index in [0.717, 1.165) is 47.0 Å². The Morgan fingerprint density at radius 1 is 1.22 bits per heavy atom. The van der Waals surface area contributed by atoms with E-state index in [0.29, 0.717) is 0 Å². The van der Waals surface area contributed by atoms with Crippen LogP contribution < -0.4 is 10.1 Å². The maximum atomic E-state index is 5.27. The number of benzene rings is 1. The van der Waals surface area contributed by atoms with Crippen molar-refractivity contribution >= 4 is 27.4 Å². The van der Waals surface area contributed by atoms with Crippen molar-refractivity contribution in [3.63, 3.8) is 0 Å². The van der Waals surface area contributed by atoms with Gasteiger partial charge >= 0.3 is 0 Å². The monoisotopic (exact) mass is 327 g/mol. The van der Waals surface area contributed by atoms with Gasteiger partial charge in [-0.25, -0.2) is 9.97 Å². The van der Waals surface area contributed by atoms with Crippen LogP contribution in [0.15, 0.2) is 30.3 Å². The minimum Gasteiger partial charge on any atom is -0.497 e. The summed E-state index contributed by atoms with van der Waals surface area (Å²) in [6, 6.07) is 10.3. The molecule has 0 bridgehead atoms. The number of nitrogens with one attached hydrogen (secondary N) is 1. The summed E-state index contributed by atoms with van der Waals surface area (Å²) >= 11 is 1.72. The number of hydrogen-bond acceptors (Lipinski definition) is 5. The van der Waals surface area contributed by atoms with Crippen molar-refractivity contribution in [1.82, 2.24) is 9.97 Å². The molecule has 0 amide bonds. The summed E-state index contributed by atoms with van der Waals surface area (Å²) in [5.74, 6) is 2.73. The predicted octanol–water partition coefficient (Wildman–Crippen LogP) is 4.23. The first-order valence-corrected chi connectivity index (χ1v) is 8.65. The largest absolute Gasteiger partial charge is 0.497 e. The molecule has 120 valence electrons. The summed E-state index contributed by atoms with van der Waals surface area (Å²) in [5.41, 5.74) is 1.25. The van der Waals surface area contributed by atoms with E-state index in [9.17, 15) is 0 Å². The molecule has 0 fully saturated rings. The summed E-state index contributed by atoms with van der Waals surface area (Å²) in [4.78, 5) is 11.6. The molecule has 0 aliphatic heterocycles. The molecule has 23 heavy (non-hydrogen) atoms. The normalized spacial score (nSPS) is 10.9. The second kappa shape index (κ2) is 6.96. The number of methoxy groups -OCH3 is 1. The summed E-state index contributed by atoms with van der Waals surface area (Å²) in [7, 11) is 1.69. The zero-order valence-corrected chi connectivity index (χ0v) is 14.5. The third-order valence-corrected chi connectivity index (χ3v) is 4.66. The van der Waals surface area contributed by atoms with Crippen LogP contribution >= 0.6 is 11.3 Å². The SMILES string of the molecule is CCc1nc(NCCc2cccc(OC)c2)c2cc(C)sc2n1. The number of aryl methyl sites for hydroxylation is 2. The third kappa shape index (κ3) is 3.62. The van der Waals surface area contributed by atoms with E-state index in [1.807, 2.05) is 12.1 Å². The summed E-state index contributed by atoms with van der Waals surface area (Å²) < 4.78 is 5.27. The Balaban J connectivity index is 1.75. The fraction of sp³-hybridized carbons (Fsp3) is 0.333. The fourth-order valence-corrected chi connectivity index (χ4v) is 3.43. The lowest BCUT2D eigenvalue weighted by atomic mass is 10.1. The zero-order chi connectivity index (χ0) is 16.2. The number of anilines is 1. The molecule has 0 saturated carbocycles. The standard InChI is InChI=1S/C18H21N3OS/c1-4-16-20-17(15-10-12(2)23-18(15)21-16)19-9-8-13-6-5-7-14(11-13)22-3/h5-7,10-11H,4,8-9H2,1-3H3,(H,19,20,21). The van der Waals surface area contributed by atoms with Gasteiger partial charge in [-0.1, -0.05) is 19.1 Å². The van der Waals surface area contributed by atoms with Gasteiger partial charge in [-0.3, -0.25) is 0 Å². The number of aromatic nitrogens is 2. The van der Waals surface area contributed by atoms with Crippen LogP contribution in [0.25, 0.3) is 10.2 Å². The Bertz CT molecular complexity index is 813. The average molecular weight is 327 g/mol. The Morgan fingerprint density at radius 3 is 2.87 bits per heavy atom. The van der Waals surface area contributed by atoms with Gasteiger partial charge in [-0.15, -0.1) is 11.3 Å². The van der Waals surface area contributed by atoms with E-state index in [-0.39, 0.29) is 0 Å². The number of fused-ring (bicyclic) bond motifs is 1. The van der Waals surface area contributed by atoms with Crippen molar-refractivity contribution in [1.29, 1.82) is 0 Å². The van der Waals surface area contributed by atoms with Gasteiger partial charge in [0.25, 0.3) is 0 Å². The van der Waals surface area contributed by atoms with Gasteiger partial charge in [0.05, 0.1) is 12.5 Å². The Morgan fingerprint density at radius 2 is 2.09 bits per heavy atom. The van der Waals surface area contributed by atoms with Crippen molar-refractivity contribution in [2.75, 3.05) is 19.0 Å². The molecule has 0 saturated heterocycles. The quantitative estimate of drug-likeness (QED) is 0.736. The molecule has 0 unspecified atom stereocenters. The highest BCUT2D eigenvalue weighted by Crippen LogP contribution is 2.28. The Kier molecular flexibility index (Phi) is 4.76. The number of nitrogens with zero attached hydrogens (tertiary/aromatic N) is 2. The first kappa shape index (κ1) is 15.7. The molecule has 1 N–H and O–H groups in total. The highest BCUT2D eigenvalue weighted by atomic mass is 32.1. The van der Waals surface area contributed by atoms with Gasteiger partial charge in [-0.05, 0) is 37.1 Å². The highest BCUT2D eigenvalue weighted by Gasteiger charge is 2.09. The second-order valence-corrected chi connectivity index (χ2v) is 6.68. The predicted molar refractivity (Wildman–Crippen MR) is 96.7 cm³/mol. The van der Waals surface area contributed by atoms with Crippen LogP contribution in [0, 0.1) is 6.92 Å². The summed E-state index contributed by atoms with van der Waals surface area (Å²) in [6.07, 6.45) is 1.77. The van der Waals surface area contributed by atoms with E-state index >= 15 is 0 Å². The maximum Gasteiger partial charge on any atom is 0.138 e. The molecule has 0 atom stereocenters. The van der Waals surface area contributed by atoms with Gasteiger partial charge < -0.3 is 10.1 Å². The van der Waals surface area contributed by atoms with Crippen molar-refractivity contribution in [2.24, 2.45) is 0 Å². The van der Waals surface area contributed by atoms with Crippen LogP contribution in [-0.2, 0) is 12.8 Å². The zero-order valence-electron chi connectivity index (χ0n) is 13.7. The van der Waals surface area contributed by atoms with Crippen LogP contribution in [0.4, 0.5) is 5.82 Å². The van der Waals surface area contributed by atoms with Crippen LogP contribution in [0.2, 0.25) is 0 Å². The number of rotatable bonds is 6. The topological polar surface area (TPSA) is 47.0 Å². The van der Waals surface area contributed by atoms with E-state index < -0.39 is 0 Å². The Labute approximate surface area is 140 Å². The minimum absolute atomic E-state index is 0.831. The fourth-order valence-electron chi connectivity index (χ4n) is 2.53. The van der Waals surface area contributed by atoms with Gasteiger partial charge in [0, 0.05) is 17.8 Å². The lowest BCUT2D eigenvalue weighted by Gasteiger charge is -2.09. The molecule has 1 aromatic carbocycles. The van der Waals surface area contributed by atoms with Crippen LogP contribution in [0.1, 0.15) is 23.2 Å². The van der Waals surface area contributed by atoms with Crippen molar-refractivity contribution in [3.8, 4) is 5.75 Å². The number of thiophene rings is 1. The van der Waals surface area contributed by atoms with Crippen molar-refractivity contribution in [3.05, 3.63) is 46.6 Å². The maximum absolute atomic E-state index is 5.27. The van der Waals surface area contributed by atoms with E-state index in [4.69, 9.17) is 4.74 Å². The Hall–Kier alpha value is -2.14. The minimum atomic E-state index is 0.831. The van der Waals surface area contributed by atoms with Crippen LogP contribution in [0.3, 0.4) is 0 Å². The third-order valence-electron chi connectivity index (χ3n) is 3.72. The first-order chi connectivity index (χ1) is 11.2. The molecule has 4 nitrogen and oxygen atoms in total. The van der Waals surface area contributed by atoms with Gasteiger partial charge in [0.1, 0.15) is 22.2 Å². The highest BCUT2D eigenvalue weighted by molar-refractivity contribution is 7.18. The molecule has 2 heterocycles. The summed E-state index contributed by atoms with van der Waals surface area (Å²) in [6.45, 7) is 5.02. The van der Waals surface area contributed by atoms with E-state index in [1.165, 1.54) is 10.4 Å². The van der Waals surface area contributed by atoms with Crippen LogP contribution in [-0.4, -0.2) is 23.6 Å². The molecule has 0 spiro atoms. The van der Waals surface area contributed by atoms with Gasteiger partial charge in [-0.2, -0.15) is 0 Å². The smallest absolute Gasteiger partial charge is 0.138 e. The van der Waals surface area contributed by atoms with Gasteiger partial charge in [0.2, 0.25) is 0 Å². The lowest BCUT2D eigenvalue weighted by Crippen LogP contribution is -2.08. The molecular weight excluding hydrogens is 306 g/mol. The molecule has 2 aromatic heterocycles. The molecule has 5 heteroatoms. The van der Waals surface area contributed by atoms with Crippen molar-refractivity contribution in [2.45, 2.75) is 26.7 Å². The molecular formula is C18H21N3OS. The van der Waals surface area contributed by atoms with E-state index in [2.05, 4.69) is 47.3 Å². The summed E-state index contributed by atoms with van der Waals surface area (Å²) in [5, 5.41) is 4.60. The van der Waals surface area contributed by atoms with E-state index in [1.54, 1.807) is 18.4 Å². The second-order valence-electron chi connectivity index (χ2n) is 5.45.